The first-order chi connectivity index (χ1) is 9.53. The van der Waals surface area contributed by atoms with E-state index in [0.717, 1.165) is 0 Å². The van der Waals surface area contributed by atoms with E-state index < -0.39 is 5.97 Å². The fourth-order valence-corrected chi connectivity index (χ4v) is 1.65. The molecular weight excluding hydrogens is 262 g/mol. The maximum absolute atomic E-state index is 12.1. The minimum absolute atomic E-state index is 0.227. The predicted molar refractivity (Wildman–Crippen MR) is 75.3 cm³/mol. The highest BCUT2D eigenvalue weighted by Crippen LogP contribution is 2.31. The van der Waals surface area contributed by atoms with Crippen molar-refractivity contribution in [3.63, 3.8) is 0 Å². The Balaban J connectivity index is 2.91. The molecular formula is C14H21NO5. The summed E-state index contributed by atoms with van der Waals surface area (Å²) in [7, 11) is 4.57. The van der Waals surface area contributed by atoms with Gasteiger partial charge in [-0.05, 0) is 13.0 Å². The van der Waals surface area contributed by atoms with Crippen LogP contribution in [0, 0.1) is 0 Å². The van der Waals surface area contributed by atoms with E-state index in [2.05, 4.69) is 0 Å². The third-order valence-corrected chi connectivity index (χ3v) is 2.83. The van der Waals surface area contributed by atoms with E-state index in [1.54, 1.807) is 20.1 Å². The Morgan fingerprint density at radius 2 is 1.95 bits per heavy atom. The number of hydrogen-bond donors (Lipinski definition) is 1. The van der Waals surface area contributed by atoms with Crippen LogP contribution in [0.15, 0.2) is 12.1 Å². The van der Waals surface area contributed by atoms with Crippen molar-refractivity contribution >= 4 is 11.7 Å². The molecule has 0 aliphatic rings. The molecule has 0 spiro atoms. The van der Waals surface area contributed by atoms with Crippen molar-refractivity contribution in [2.24, 2.45) is 0 Å². The topological polar surface area (TPSA) is 80.0 Å². The third-order valence-electron chi connectivity index (χ3n) is 2.83. The summed E-state index contributed by atoms with van der Waals surface area (Å²) >= 11 is 0. The van der Waals surface area contributed by atoms with Gasteiger partial charge in [-0.2, -0.15) is 0 Å². The zero-order valence-electron chi connectivity index (χ0n) is 12.3. The number of esters is 1. The van der Waals surface area contributed by atoms with Crippen molar-refractivity contribution in [2.45, 2.75) is 19.4 Å². The van der Waals surface area contributed by atoms with Gasteiger partial charge in [0.1, 0.15) is 17.6 Å². The molecule has 0 aliphatic carbocycles. The van der Waals surface area contributed by atoms with Crippen LogP contribution in [0.2, 0.25) is 0 Å². The Morgan fingerprint density at radius 1 is 1.25 bits per heavy atom. The number of anilines is 1. The van der Waals surface area contributed by atoms with Crippen molar-refractivity contribution in [2.75, 3.05) is 33.7 Å². The molecule has 6 nitrogen and oxygen atoms in total. The lowest BCUT2D eigenvalue weighted by Crippen LogP contribution is -2.18. The van der Waals surface area contributed by atoms with E-state index in [-0.39, 0.29) is 17.4 Å². The van der Waals surface area contributed by atoms with Crippen LogP contribution >= 0.6 is 0 Å². The average Bonchev–Trinajstić information content (AvgIpc) is 2.45. The van der Waals surface area contributed by atoms with Gasteiger partial charge in [0.05, 0.1) is 25.5 Å². The van der Waals surface area contributed by atoms with Crippen LogP contribution in [-0.2, 0) is 9.47 Å². The summed E-state index contributed by atoms with van der Waals surface area (Å²) in [6.45, 7) is 2.32. The van der Waals surface area contributed by atoms with Crippen LogP contribution in [-0.4, -0.2) is 40.0 Å². The van der Waals surface area contributed by atoms with E-state index in [1.807, 2.05) is 0 Å². The van der Waals surface area contributed by atoms with E-state index in [9.17, 15) is 4.79 Å². The molecule has 2 N–H and O–H groups in total. The predicted octanol–water partition coefficient (Wildman–Crippen LogP) is 1.87. The maximum atomic E-state index is 12.1. The highest BCUT2D eigenvalue weighted by atomic mass is 16.5. The first-order valence-corrected chi connectivity index (χ1v) is 6.24. The quantitative estimate of drug-likeness (QED) is 0.608. The van der Waals surface area contributed by atoms with Gasteiger partial charge >= 0.3 is 5.97 Å². The smallest absolute Gasteiger partial charge is 0.340 e. The highest BCUT2D eigenvalue weighted by Gasteiger charge is 2.19. The number of methoxy groups -OCH3 is 3. The number of nitrogens with two attached hydrogens (primary N) is 1. The summed E-state index contributed by atoms with van der Waals surface area (Å²) in [4.78, 5) is 12.1. The molecule has 0 fully saturated rings. The Kier molecular flexibility index (Phi) is 6.11. The van der Waals surface area contributed by atoms with Crippen LogP contribution in [0.3, 0.4) is 0 Å². The van der Waals surface area contributed by atoms with Crippen LogP contribution < -0.4 is 15.2 Å². The fourth-order valence-electron chi connectivity index (χ4n) is 1.65. The highest BCUT2D eigenvalue weighted by molar-refractivity contribution is 5.97. The van der Waals surface area contributed by atoms with Crippen molar-refractivity contribution in [1.29, 1.82) is 0 Å². The van der Waals surface area contributed by atoms with E-state index in [0.29, 0.717) is 24.5 Å². The maximum Gasteiger partial charge on any atom is 0.340 e. The number of carbonyl (C=O) groups is 1. The molecule has 0 aromatic heterocycles. The van der Waals surface area contributed by atoms with Crippen molar-refractivity contribution in [3.8, 4) is 11.5 Å². The van der Waals surface area contributed by atoms with Crippen molar-refractivity contribution in [1.82, 2.24) is 0 Å². The van der Waals surface area contributed by atoms with Gasteiger partial charge in [0.15, 0.2) is 0 Å². The SMILES string of the molecule is COCCC(C)OC(=O)c1cc(OC)cc(OC)c1N. The molecule has 0 aliphatic heterocycles. The van der Waals surface area contributed by atoms with Gasteiger partial charge in [0.2, 0.25) is 0 Å². The lowest BCUT2D eigenvalue weighted by molar-refractivity contribution is 0.0267. The molecule has 1 aromatic rings. The summed E-state index contributed by atoms with van der Waals surface area (Å²) in [5, 5.41) is 0. The molecule has 0 bridgehead atoms. The summed E-state index contributed by atoms with van der Waals surface area (Å²) in [5.74, 6) is 0.344. The molecule has 112 valence electrons. The van der Waals surface area contributed by atoms with Gasteiger partial charge in [0.25, 0.3) is 0 Å². The molecule has 6 heteroatoms. The number of hydrogen-bond acceptors (Lipinski definition) is 6. The summed E-state index contributed by atoms with van der Waals surface area (Å²) in [6, 6.07) is 3.14. The molecule has 1 unspecified atom stereocenters. The molecule has 1 aromatic carbocycles. The molecule has 0 saturated heterocycles. The molecule has 1 atom stereocenters. The normalized spacial score (nSPS) is 11.8. The molecule has 0 radical (unpaired) electrons. The number of nitrogen functional groups attached to an aromatic ring is 1. The number of rotatable bonds is 7. The monoisotopic (exact) mass is 283 g/mol. The van der Waals surface area contributed by atoms with Gasteiger partial charge in [-0.3, -0.25) is 0 Å². The van der Waals surface area contributed by atoms with Gasteiger partial charge in [0, 0.05) is 26.2 Å². The van der Waals surface area contributed by atoms with Crippen molar-refractivity contribution in [3.05, 3.63) is 17.7 Å². The van der Waals surface area contributed by atoms with Crippen LogP contribution in [0.4, 0.5) is 5.69 Å². The Labute approximate surface area is 118 Å². The number of benzene rings is 1. The fraction of sp³-hybridized carbons (Fsp3) is 0.500. The van der Waals surface area contributed by atoms with E-state index in [1.165, 1.54) is 20.3 Å². The van der Waals surface area contributed by atoms with E-state index in [4.69, 9.17) is 24.7 Å². The van der Waals surface area contributed by atoms with Crippen molar-refractivity contribution < 1.29 is 23.7 Å². The van der Waals surface area contributed by atoms with Gasteiger partial charge in [-0.25, -0.2) is 4.79 Å². The summed E-state index contributed by atoms with van der Waals surface area (Å²) in [5.41, 5.74) is 6.35. The second kappa shape index (κ2) is 7.59. The van der Waals surface area contributed by atoms with Gasteiger partial charge < -0.3 is 24.7 Å². The van der Waals surface area contributed by atoms with Gasteiger partial charge in [-0.15, -0.1) is 0 Å². The minimum atomic E-state index is -0.511. The Morgan fingerprint density at radius 3 is 2.50 bits per heavy atom. The molecule has 0 saturated carbocycles. The number of carbonyl (C=O) groups excluding carboxylic acids is 1. The first-order valence-electron chi connectivity index (χ1n) is 6.24. The lowest BCUT2D eigenvalue weighted by atomic mass is 10.1. The molecule has 20 heavy (non-hydrogen) atoms. The average molecular weight is 283 g/mol. The van der Waals surface area contributed by atoms with Gasteiger partial charge in [-0.1, -0.05) is 0 Å². The van der Waals surface area contributed by atoms with E-state index >= 15 is 0 Å². The zero-order chi connectivity index (χ0) is 15.1. The Hall–Kier alpha value is -1.95. The van der Waals surface area contributed by atoms with Crippen LogP contribution in [0.5, 0.6) is 11.5 Å². The molecule has 0 amide bonds. The third kappa shape index (κ3) is 4.03. The zero-order valence-corrected chi connectivity index (χ0v) is 12.3. The second-order valence-corrected chi connectivity index (χ2v) is 4.29. The molecule has 0 heterocycles. The first kappa shape index (κ1) is 16.1. The second-order valence-electron chi connectivity index (χ2n) is 4.29. The standard InChI is InChI=1S/C14H21NO5/c1-9(5-6-17-2)20-14(16)11-7-10(18-3)8-12(19-4)13(11)15/h7-9H,5-6,15H2,1-4H3. The summed E-state index contributed by atoms with van der Waals surface area (Å²) < 4.78 is 20.5. The number of ether oxygens (including phenoxy) is 4. The molecule has 1 rings (SSSR count). The minimum Gasteiger partial charge on any atom is -0.497 e. The van der Waals surface area contributed by atoms with Crippen LogP contribution in [0.25, 0.3) is 0 Å². The largest absolute Gasteiger partial charge is 0.497 e. The summed E-state index contributed by atoms with van der Waals surface area (Å²) in [6.07, 6.45) is 0.350. The lowest BCUT2D eigenvalue weighted by Gasteiger charge is -2.15. The Bertz CT molecular complexity index is 461. The van der Waals surface area contributed by atoms with Crippen LogP contribution in [0.1, 0.15) is 23.7 Å².